The molecule has 30 heavy (non-hydrogen) atoms. The molecule has 2 aromatic heterocycles. The number of aryl methyl sites for hydroxylation is 2. The molecule has 150 valence electrons. The van der Waals surface area contributed by atoms with Gasteiger partial charge in [0, 0.05) is 28.8 Å². The van der Waals surface area contributed by atoms with Crippen molar-refractivity contribution in [3.8, 4) is 16.9 Å². The largest absolute Gasteiger partial charge is 0.460 e. The standard InChI is InChI=1S/C24H21ClN4O/c1-15-3-6-17(7-4-15)24-20(14-29(28-24)19-10-8-18(25)9-11-19)21-13-22(27-26-21)23-12-5-16(2)30-23/h3-12,14,21,26H,13H2,1-2H3. The lowest BCUT2D eigenvalue weighted by atomic mass is 9.98. The van der Waals surface area contributed by atoms with Crippen molar-refractivity contribution in [1.82, 2.24) is 15.2 Å². The van der Waals surface area contributed by atoms with Crippen LogP contribution in [-0.2, 0) is 0 Å². The fourth-order valence-electron chi connectivity index (χ4n) is 3.67. The van der Waals surface area contributed by atoms with Crippen molar-refractivity contribution in [2.45, 2.75) is 26.3 Å². The summed E-state index contributed by atoms with van der Waals surface area (Å²) in [7, 11) is 0. The molecule has 0 bridgehead atoms. The van der Waals surface area contributed by atoms with E-state index < -0.39 is 0 Å². The predicted molar refractivity (Wildman–Crippen MR) is 119 cm³/mol. The van der Waals surface area contributed by atoms with Gasteiger partial charge in [-0.2, -0.15) is 10.2 Å². The van der Waals surface area contributed by atoms with Crippen LogP contribution in [0.15, 0.2) is 76.4 Å². The summed E-state index contributed by atoms with van der Waals surface area (Å²) in [5, 5.41) is 10.2. The van der Waals surface area contributed by atoms with Crippen molar-refractivity contribution in [2.24, 2.45) is 5.10 Å². The van der Waals surface area contributed by atoms with Gasteiger partial charge in [0.1, 0.15) is 17.2 Å². The highest BCUT2D eigenvalue weighted by atomic mass is 35.5. The number of rotatable bonds is 4. The number of furan rings is 1. The van der Waals surface area contributed by atoms with Gasteiger partial charge in [0.25, 0.3) is 0 Å². The molecule has 0 fully saturated rings. The average Bonchev–Trinajstić information content (AvgIpc) is 3.48. The van der Waals surface area contributed by atoms with Gasteiger partial charge in [-0.3, -0.25) is 0 Å². The molecule has 1 aliphatic heterocycles. The van der Waals surface area contributed by atoms with Crippen LogP contribution in [0.4, 0.5) is 0 Å². The zero-order chi connectivity index (χ0) is 20.7. The van der Waals surface area contributed by atoms with Crippen molar-refractivity contribution >= 4 is 17.3 Å². The molecule has 5 rings (SSSR count). The zero-order valence-corrected chi connectivity index (χ0v) is 17.5. The Bertz CT molecular complexity index is 1220. The van der Waals surface area contributed by atoms with Crippen LogP contribution in [0.3, 0.4) is 0 Å². The van der Waals surface area contributed by atoms with Crippen molar-refractivity contribution in [3.05, 3.63) is 94.5 Å². The Balaban J connectivity index is 1.53. The molecule has 5 nitrogen and oxygen atoms in total. The second-order valence-electron chi connectivity index (χ2n) is 7.57. The zero-order valence-electron chi connectivity index (χ0n) is 16.8. The topological polar surface area (TPSA) is 55.4 Å². The summed E-state index contributed by atoms with van der Waals surface area (Å²) in [6, 6.07) is 20.1. The van der Waals surface area contributed by atoms with Gasteiger partial charge < -0.3 is 9.84 Å². The predicted octanol–water partition coefficient (Wildman–Crippen LogP) is 5.84. The smallest absolute Gasteiger partial charge is 0.150 e. The van der Waals surface area contributed by atoms with Crippen molar-refractivity contribution in [2.75, 3.05) is 0 Å². The average molecular weight is 417 g/mol. The molecule has 0 aliphatic carbocycles. The molecule has 1 unspecified atom stereocenters. The van der Waals surface area contributed by atoms with E-state index >= 15 is 0 Å². The third-order valence-electron chi connectivity index (χ3n) is 5.31. The second kappa shape index (κ2) is 7.50. The molecule has 0 radical (unpaired) electrons. The van der Waals surface area contributed by atoms with Crippen molar-refractivity contribution in [3.63, 3.8) is 0 Å². The number of hydrogen-bond donors (Lipinski definition) is 1. The number of halogens is 1. The van der Waals surface area contributed by atoms with Crippen LogP contribution in [-0.4, -0.2) is 15.5 Å². The monoisotopic (exact) mass is 416 g/mol. The molecule has 3 heterocycles. The molecule has 2 aromatic carbocycles. The summed E-state index contributed by atoms with van der Waals surface area (Å²) in [4.78, 5) is 0. The van der Waals surface area contributed by atoms with E-state index in [0.717, 1.165) is 46.2 Å². The van der Waals surface area contributed by atoms with Crippen LogP contribution < -0.4 is 5.43 Å². The quantitative estimate of drug-likeness (QED) is 0.454. The van der Waals surface area contributed by atoms with Crippen molar-refractivity contribution in [1.29, 1.82) is 0 Å². The molecule has 1 aliphatic rings. The molecule has 0 amide bonds. The van der Waals surface area contributed by atoms with Gasteiger partial charge >= 0.3 is 0 Å². The molecule has 0 spiro atoms. The van der Waals surface area contributed by atoms with Crippen LogP contribution in [0.2, 0.25) is 5.02 Å². The molecule has 4 aromatic rings. The molecule has 0 saturated heterocycles. The SMILES string of the molecule is Cc1ccc(-c2nn(-c3ccc(Cl)cc3)cc2C2CC(c3ccc(C)o3)=NN2)cc1. The van der Waals surface area contributed by atoms with E-state index in [-0.39, 0.29) is 6.04 Å². The molecular formula is C24H21ClN4O. The molecule has 0 saturated carbocycles. The first kappa shape index (κ1) is 18.7. The van der Waals surface area contributed by atoms with Gasteiger partial charge in [-0.05, 0) is 50.2 Å². The fraction of sp³-hybridized carbons (Fsp3) is 0.167. The highest BCUT2D eigenvalue weighted by Crippen LogP contribution is 2.33. The maximum Gasteiger partial charge on any atom is 0.150 e. The van der Waals surface area contributed by atoms with E-state index in [9.17, 15) is 0 Å². The van der Waals surface area contributed by atoms with Crippen LogP contribution >= 0.6 is 11.6 Å². The Morgan fingerprint density at radius 3 is 2.47 bits per heavy atom. The number of nitrogens with zero attached hydrogens (tertiary/aromatic N) is 3. The van der Waals surface area contributed by atoms with Crippen LogP contribution in [0.1, 0.15) is 35.1 Å². The number of aromatic nitrogens is 2. The number of hydrazone groups is 1. The van der Waals surface area contributed by atoms with E-state index in [2.05, 4.69) is 47.9 Å². The molecule has 1 N–H and O–H groups in total. The Morgan fingerprint density at radius 1 is 1.00 bits per heavy atom. The maximum absolute atomic E-state index is 6.06. The van der Waals surface area contributed by atoms with E-state index in [1.807, 2.05) is 48.0 Å². The number of benzene rings is 2. The minimum absolute atomic E-state index is 0.0164. The first-order valence-electron chi connectivity index (χ1n) is 9.88. The van der Waals surface area contributed by atoms with Crippen molar-refractivity contribution < 1.29 is 4.42 Å². The third-order valence-corrected chi connectivity index (χ3v) is 5.56. The Hall–Kier alpha value is -3.31. The van der Waals surface area contributed by atoms with Crippen LogP contribution in [0.25, 0.3) is 16.9 Å². The minimum Gasteiger partial charge on any atom is -0.460 e. The second-order valence-corrected chi connectivity index (χ2v) is 8.01. The van der Waals surface area contributed by atoms with E-state index in [1.165, 1.54) is 5.56 Å². The van der Waals surface area contributed by atoms with E-state index in [1.54, 1.807) is 0 Å². The summed E-state index contributed by atoms with van der Waals surface area (Å²) in [5.74, 6) is 1.69. The molecule has 6 heteroatoms. The lowest BCUT2D eigenvalue weighted by molar-refractivity contribution is 0.524. The van der Waals surface area contributed by atoms with Gasteiger partial charge in [0.2, 0.25) is 0 Å². The van der Waals surface area contributed by atoms with Gasteiger partial charge in [-0.1, -0.05) is 41.4 Å². The van der Waals surface area contributed by atoms with Crippen LogP contribution in [0, 0.1) is 13.8 Å². The summed E-state index contributed by atoms with van der Waals surface area (Å²) < 4.78 is 7.66. The Morgan fingerprint density at radius 2 is 1.77 bits per heavy atom. The Kier molecular flexibility index (Phi) is 4.68. The minimum atomic E-state index is 0.0164. The lowest BCUT2D eigenvalue weighted by Gasteiger charge is -2.10. The summed E-state index contributed by atoms with van der Waals surface area (Å²) in [6.07, 6.45) is 2.81. The highest BCUT2D eigenvalue weighted by molar-refractivity contribution is 6.30. The highest BCUT2D eigenvalue weighted by Gasteiger charge is 2.27. The fourth-order valence-corrected chi connectivity index (χ4v) is 3.80. The van der Waals surface area contributed by atoms with E-state index in [4.69, 9.17) is 21.1 Å². The number of nitrogens with one attached hydrogen (secondary N) is 1. The maximum atomic E-state index is 6.06. The van der Waals surface area contributed by atoms with Gasteiger partial charge in [0.15, 0.2) is 0 Å². The molecular weight excluding hydrogens is 396 g/mol. The van der Waals surface area contributed by atoms with Gasteiger partial charge in [-0.15, -0.1) is 0 Å². The lowest BCUT2D eigenvalue weighted by Crippen LogP contribution is -2.10. The van der Waals surface area contributed by atoms with Gasteiger partial charge in [-0.25, -0.2) is 4.68 Å². The third kappa shape index (κ3) is 3.53. The summed E-state index contributed by atoms with van der Waals surface area (Å²) in [6.45, 7) is 4.02. The molecule has 1 atom stereocenters. The summed E-state index contributed by atoms with van der Waals surface area (Å²) >= 11 is 6.06. The van der Waals surface area contributed by atoms with Gasteiger partial charge in [0.05, 0.1) is 17.4 Å². The first-order chi connectivity index (χ1) is 14.6. The normalized spacial score (nSPS) is 15.8. The van der Waals surface area contributed by atoms with E-state index in [0.29, 0.717) is 5.02 Å². The summed E-state index contributed by atoms with van der Waals surface area (Å²) in [5.41, 5.74) is 9.48. The Labute approximate surface area is 180 Å². The van der Waals surface area contributed by atoms with Crippen LogP contribution in [0.5, 0.6) is 0 Å². The number of hydrogen-bond acceptors (Lipinski definition) is 4. The first-order valence-corrected chi connectivity index (χ1v) is 10.3.